The van der Waals surface area contributed by atoms with Crippen LogP contribution in [0.3, 0.4) is 0 Å². The van der Waals surface area contributed by atoms with Crippen LogP contribution in [0.15, 0.2) is 66.7 Å². The number of rotatable bonds is 2. The molecule has 1 heterocycles. The van der Waals surface area contributed by atoms with Gasteiger partial charge in [0, 0.05) is 10.9 Å². The molecule has 0 saturated heterocycles. The third-order valence-electron chi connectivity index (χ3n) is 3.89. The van der Waals surface area contributed by atoms with Crippen LogP contribution < -0.4 is 0 Å². The Labute approximate surface area is 137 Å². The van der Waals surface area contributed by atoms with Crippen molar-refractivity contribution >= 4 is 10.9 Å². The fraction of sp³-hybridized carbons (Fsp3) is 0. The monoisotopic (exact) mass is 318 g/mol. The first-order valence-corrected chi connectivity index (χ1v) is 7.42. The molecule has 0 aliphatic rings. The molecule has 0 saturated carbocycles. The van der Waals surface area contributed by atoms with Gasteiger partial charge in [0.2, 0.25) is 0 Å². The van der Waals surface area contributed by atoms with Gasteiger partial charge in [0.05, 0.1) is 16.9 Å². The average Bonchev–Trinajstić information content (AvgIpc) is 2.95. The summed E-state index contributed by atoms with van der Waals surface area (Å²) in [5.41, 5.74) is 3.18. The van der Waals surface area contributed by atoms with Crippen LogP contribution >= 0.6 is 0 Å². The Morgan fingerprint density at radius 2 is 1.25 bits per heavy atom. The SMILES string of the molecule is Oc1ccc(-c2c3cc(O)ccc3nn2-c2ccc(O)cc2)cc1. The molecule has 1 aromatic heterocycles. The van der Waals surface area contributed by atoms with Crippen molar-refractivity contribution in [3.63, 3.8) is 0 Å². The van der Waals surface area contributed by atoms with Crippen molar-refractivity contribution in [2.24, 2.45) is 0 Å². The number of nitrogens with zero attached hydrogens (tertiary/aromatic N) is 2. The molecule has 0 spiro atoms. The number of hydrogen-bond acceptors (Lipinski definition) is 4. The molecule has 0 bridgehead atoms. The quantitative estimate of drug-likeness (QED) is 0.525. The van der Waals surface area contributed by atoms with E-state index in [9.17, 15) is 15.3 Å². The highest BCUT2D eigenvalue weighted by Crippen LogP contribution is 2.34. The van der Waals surface area contributed by atoms with E-state index in [1.807, 2.05) is 0 Å². The third-order valence-corrected chi connectivity index (χ3v) is 3.89. The lowest BCUT2D eigenvalue weighted by Crippen LogP contribution is -1.98. The summed E-state index contributed by atoms with van der Waals surface area (Å²) >= 11 is 0. The van der Waals surface area contributed by atoms with E-state index in [1.165, 1.54) is 0 Å². The molecule has 0 atom stereocenters. The van der Waals surface area contributed by atoms with Gasteiger partial charge in [-0.1, -0.05) is 0 Å². The zero-order valence-electron chi connectivity index (χ0n) is 12.6. The predicted molar refractivity (Wildman–Crippen MR) is 91.5 cm³/mol. The van der Waals surface area contributed by atoms with Crippen molar-refractivity contribution in [2.45, 2.75) is 0 Å². The summed E-state index contributed by atoms with van der Waals surface area (Å²) in [5.74, 6) is 0.522. The van der Waals surface area contributed by atoms with Crippen LogP contribution in [0.2, 0.25) is 0 Å². The first kappa shape index (κ1) is 14.1. The number of aromatic nitrogens is 2. The van der Waals surface area contributed by atoms with E-state index in [1.54, 1.807) is 71.4 Å². The largest absolute Gasteiger partial charge is 0.508 e. The molecule has 0 aliphatic carbocycles. The first-order chi connectivity index (χ1) is 11.6. The molecule has 0 aliphatic heterocycles. The molecule has 5 nitrogen and oxygen atoms in total. The van der Waals surface area contributed by atoms with Crippen LogP contribution in [-0.4, -0.2) is 25.1 Å². The topological polar surface area (TPSA) is 78.5 Å². The van der Waals surface area contributed by atoms with E-state index in [0.717, 1.165) is 27.8 Å². The van der Waals surface area contributed by atoms with E-state index in [4.69, 9.17) is 0 Å². The summed E-state index contributed by atoms with van der Waals surface area (Å²) in [6.45, 7) is 0. The highest BCUT2D eigenvalue weighted by atomic mass is 16.3. The van der Waals surface area contributed by atoms with Crippen LogP contribution in [0.1, 0.15) is 0 Å². The van der Waals surface area contributed by atoms with Crippen molar-refractivity contribution in [3.05, 3.63) is 66.7 Å². The molecular weight excluding hydrogens is 304 g/mol. The minimum atomic E-state index is 0.160. The molecule has 0 amide bonds. The van der Waals surface area contributed by atoms with E-state index in [-0.39, 0.29) is 17.2 Å². The predicted octanol–water partition coefficient (Wildman–Crippen LogP) is 3.81. The zero-order valence-corrected chi connectivity index (χ0v) is 12.6. The summed E-state index contributed by atoms with van der Waals surface area (Å²) in [6.07, 6.45) is 0. The Hall–Kier alpha value is -3.47. The number of fused-ring (bicyclic) bond motifs is 1. The summed E-state index contributed by atoms with van der Waals surface area (Å²) < 4.78 is 1.76. The van der Waals surface area contributed by atoms with Crippen molar-refractivity contribution in [1.29, 1.82) is 0 Å². The molecule has 24 heavy (non-hydrogen) atoms. The van der Waals surface area contributed by atoms with E-state index in [2.05, 4.69) is 5.10 Å². The lowest BCUT2D eigenvalue weighted by Gasteiger charge is -2.08. The molecule has 5 heteroatoms. The smallest absolute Gasteiger partial charge is 0.116 e. The van der Waals surface area contributed by atoms with Crippen LogP contribution in [0.5, 0.6) is 17.2 Å². The second-order valence-corrected chi connectivity index (χ2v) is 5.53. The van der Waals surface area contributed by atoms with E-state index in [0.29, 0.717) is 0 Å². The van der Waals surface area contributed by atoms with Crippen LogP contribution in [0, 0.1) is 0 Å². The second-order valence-electron chi connectivity index (χ2n) is 5.53. The first-order valence-electron chi connectivity index (χ1n) is 7.42. The van der Waals surface area contributed by atoms with E-state index < -0.39 is 0 Å². The number of hydrogen-bond donors (Lipinski definition) is 3. The molecule has 0 fully saturated rings. The minimum Gasteiger partial charge on any atom is -0.508 e. The van der Waals surface area contributed by atoms with Crippen LogP contribution in [0.4, 0.5) is 0 Å². The highest BCUT2D eigenvalue weighted by Gasteiger charge is 2.15. The van der Waals surface area contributed by atoms with Crippen molar-refractivity contribution in [3.8, 4) is 34.2 Å². The van der Waals surface area contributed by atoms with E-state index >= 15 is 0 Å². The van der Waals surface area contributed by atoms with Crippen LogP contribution in [0.25, 0.3) is 27.8 Å². The highest BCUT2D eigenvalue weighted by molar-refractivity contribution is 5.95. The molecule has 3 aromatic carbocycles. The Kier molecular flexibility index (Phi) is 3.13. The fourth-order valence-electron chi connectivity index (χ4n) is 2.75. The van der Waals surface area contributed by atoms with Gasteiger partial charge in [0.15, 0.2) is 0 Å². The Balaban J connectivity index is 2.03. The molecule has 118 valence electrons. The number of aromatic hydroxyl groups is 3. The van der Waals surface area contributed by atoms with Crippen molar-refractivity contribution in [2.75, 3.05) is 0 Å². The van der Waals surface area contributed by atoms with Gasteiger partial charge >= 0.3 is 0 Å². The molecule has 4 rings (SSSR count). The van der Waals surface area contributed by atoms with Gasteiger partial charge in [0.1, 0.15) is 17.2 Å². The summed E-state index contributed by atoms with van der Waals surface area (Å²) in [5, 5.41) is 34.3. The average molecular weight is 318 g/mol. The lowest BCUT2D eigenvalue weighted by atomic mass is 10.1. The Morgan fingerprint density at radius 1 is 0.667 bits per heavy atom. The second kappa shape index (κ2) is 5.31. The van der Waals surface area contributed by atoms with Crippen molar-refractivity contribution in [1.82, 2.24) is 9.78 Å². The fourth-order valence-corrected chi connectivity index (χ4v) is 2.75. The summed E-state index contributed by atoms with van der Waals surface area (Å²) in [4.78, 5) is 0. The van der Waals surface area contributed by atoms with Gasteiger partial charge in [-0.3, -0.25) is 0 Å². The molecule has 0 radical (unpaired) electrons. The maximum Gasteiger partial charge on any atom is 0.116 e. The van der Waals surface area contributed by atoms with Crippen LogP contribution in [-0.2, 0) is 0 Å². The summed E-state index contributed by atoms with van der Waals surface area (Å²) in [6, 6.07) is 18.6. The van der Waals surface area contributed by atoms with Gasteiger partial charge in [-0.05, 0) is 66.7 Å². The lowest BCUT2D eigenvalue weighted by molar-refractivity contribution is 0.474. The van der Waals surface area contributed by atoms with Gasteiger partial charge < -0.3 is 15.3 Å². The maximum absolute atomic E-state index is 9.85. The van der Waals surface area contributed by atoms with Gasteiger partial charge in [-0.25, -0.2) is 4.68 Å². The van der Waals surface area contributed by atoms with Gasteiger partial charge in [-0.15, -0.1) is 0 Å². The minimum absolute atomic E-state index is 0.160. The number of phenolic OH excluding ortho intramolecular Hbond substituents is 3. The Bertz CT molecular complexity index is 1020. The van der Waals surface area contributed by atoms with Crippen molar-refractivity contribution < 1.29 is 15.3 Å². The maximum atomic E-state index is 9.85. The third kappa shape index (κ3) is 2.32. The molecule has 0 unspecified atom stereocenters. The van der Waals surface area contributed by atoms with Gasteiger partial charge in [0.25, 0.3) is 0 Å². The molecule has 3 N–H and O–H groups in total. The number of phenols is 3. The number of benzene rings is 3. The zero-order chi connectivity index (χ0) is 16.7. The molecule has 4 aromatic rings. The molecular formula is C19H14N2O3. The summed E-state index contributed by atoms with van der Waals surface area (Å²) in [7, 11) is 0. The normalized spacial score (nSPS) is 11.0. The standard InChI is InChI=1S/C19H14N2O3/c22-14-5-1-12(2-6-14)19-17-11-16(24)9-10-18(17)20-21(19)13-3-7-15(23)8-4-13/h1-11,22-24H. The Morgan fingerprint density at radius 3 is 1.92 bits per heavy atom. The van der Waals surface area contributed by atoms with Gasteiger partial charge in [-0.2, -0.15) is 5.10 Å².